The third-order valence-corrected chi connectivity index (χ3v) is 3.84. The zero-order valence-electron chi connectivity index (χ0n) is 9.57. The molecule has 0 heterocycles. The summed E-state index contributed by atoms with van der Waals surface area (Å²) in [5.41, 5.74) is 5.64. The number of benzene rings is 1. The molecule has 0 atom stereocenters. The maximum atomic E-state index is 11.9. The van der Waals surface area contributed by atoms with Crippen molar-refractivity contribution in [2.45, 2.75) is 24.8 Å². The molecular weight excluding hydrogens is 300 g/mol. The van der Waals surface area contributed by atoms with Gasteiger partial charge in [0.25, 0.3) is 0 Å². The van der Waals surface area contributed by atoms with Crippen LogP contribution in [0.4, 0.5) is 5.69 Å². The number of anilines is 1. The summed E-state index contributed by atoms with van der Waals surface area (Å²) in [7, 11) is 0. The van der Waals surface area contributed by atoms with E-state index in [1.54, 1.807) is 12.1 Å². The van der Waals surface area contributed by atoms with Crippen LogP contribution in [0, 0.1) is 0 Å². The summed E-state index contributed by atoms with van der Waals surface area (Å²) >= 11 is 3.14. The van der Waals surface area contributed by atoms with Crippen molar-refractivity contribution in [1.29, 1.82) is 0 Å². The van der Waals surface area contributed by atoms with Crippen LogP contribution in [-0.2, 0) is 4.79 Å². The maximum absolute atomic E-state index is 11.9. The van der Waals surface area contributed by atoms with Crippen molar-refractivity contribution in [2.24, 2.45) is 5.73 Å². The zero-order valence-corrected chi connectivity index (χ0v) is 11.2. The second-order valence-electron chi connectivity index (χ2n) is 4.46. The predicted molar refractivity (Wildman–Crippen MR) is 70.5 cm³/mol. The molecule has 1 aliphatic carbocycles. The van der Waals surface area contributed by atoms with Gasteiger partial charge in [0.2, 0.25) is 5.91 Å². The number of rotatable bonds is 3. The minimum Gasteiger partial charge on any atom is -0.478 e. The van der Waals surface area contributed by atoms with Crippen molar-refractivity contribution in [1.82, 2.24) is 0 Å². The van der Waals surface area contributed by atoms with Crippen LogP contribution in [0.1, 0.15) is 29.6 Å². The number of aromatic carboxylic acids is 1. The van der Waals surface area contributed by atoms with Gasteiger partial charge < -0.3 is 16.2 Å². The molecule has 2 rings (SSSR count). The summed E-state index contributed by atoms with van der Waals surface area (Å²) in [5.74, 6) is -1.31. The van der Waals surface area contributed by atoms with Crippen molar-refractivity contribution in [2.75, 3.05) is 5.32 Å². The van der Waals surface area contributed by atoms with Gasteiger partial charge >= 0.3 is 5.97 Å². The predicted octanol–water partition coefficient (Wildman–Crippen LogP) is 1.97. The van der Waals surface area contributed by atoms with Crippen LogP contribution < -0.4 is 11.1 Å². The van der Waals surface area contributed by atoms with E-state index in [0.717, 1.165) is 6.42 Å². The van der Waals surface area contributed by atoms with Crippen molar-refractivity contribution in [3.63, 3.8) is 0 Å². The molecule has 0 bridgehead atoms. The first-order chi connectivity index (χ1) is 8.42. The molecule has 1 aliphatic rings. The summed E-state index contributed by atoms with van der Waals surface area (Å²) in [6, 6.07) is 4.63. The van der Waals surface area contributed by atoms with Gasteiger partial charge in [-0.3, -0.25) is 4.79 Å². The molecule has 5 nitrogen and oxygen atoms in total. The first-order valence-electron chi connectivity index (χ1n) is 5.55. The largest absolute Gasteiger partial charge is 0.478 e. The van der Waals surface area contributed by atoms with E-state index in [1.165, 1.54) is 6.07 Å². The summed E-state index contributed by atoms with van der Waals surface area (Å²) in [5, 5.41) is 11.6. The van der Waals surface area contributed by atoms with Crippen molar-refractivity contribution < 1.29 is 14.7 Å². The van der Waals surface area contributed by atoms with E-state index in [4.69, 9.17) is 10.8 Å². The molecule has 1 aromatic carbocycles. The highest BCUT2D eigenvalue weighted by Crippen LogP contribution is 2.30. The van der Waals surface area contributed by atoms with Gasteiger partial charge in [-0.15, -0.1) is 0 Å². The van der Waals surface area contributed by atoms with Gasteiger partial charge in [0.05, 0.1) is 11.1 Å². The number of carbonyl (C=O) groups excluding carboxylic acids is 1. The number of halogens is 1. The fourth-order valence-corrected chi connectivity index (χ4v) is 2.22. The van der Waals surface area contributed by atoms with Crippen LogP contribution in [0.25, 0.3) is 0 Å². The lowest BCUT2D eigenvalue weighted by molar-refractivity contribution is -0.123. The molecule has 1 saturated carbocycles. The number of carboxylic acids is 1. The molecule has 0 saturated heterocycles. The molecular formula is C12H13BrN2O3. The van der Waals surface area contributed by atoms with Gasteiger partial charge in [0, 0.05) is 10.2 Å². The number of hydrogen-bond donors (Lipinski definition) is 3. The van der Waals surface area contributed by atoms with Crippen LogP contribution in [-0.4, -0.2) is 22.5 Å². The number of carbonyl (C=O) groups is 2. The second-order valence-corrected chi connectivity index (χ2v) is 5.32. The van der Waals surface area contributed by atoms with E-state index < -0.39 is 11.5 Å². The van der Waals surface area contributed by atoms with E-state index in [2.05, 4.69) is 21.2 Å². The third kappa shape index (κ3) is 2.39. The number of nitrogens with two attached hydrogens (primary N) is 1. The van der Waals surface area contributed by atoms with Gasteiger partial charge in [-0.1, -0.05) is 0 Å². The normalized spacial score (nSPS) is 16.8. The smallest absolute Gasteiger partial charge is 0.336 e. The standard InChI is InChI=1S/C12H13BrN2O3/c13-9-3-2-7(6-8(9)10(16)17)15-11(18)12(14)4-1-5-12/h2-3,6H,1,4-5,14H2,(H,15,18)(H,16,17). The number of carboxylic acid groups (broad SMARTS) is 1. The first-order valence-corrected chi connectivity index (χ1v) is 6.35. The van der Waals surface area contributed by atoms with E-state index in [0.29, 0.717) is 23.0 Å². The van der Waals surface area contributed by atoms with Crippen LogP contribution >= 0.6 is 15.9 Å². The molecule has 1 amide bonds. The molecule has 4 N–H and O–H groups in total. The van der Waals surface area contributed by atoms with E-state index in [9.17, 15) is 9.59 Å². The lowest BCUT2D eigenvalue weighted by atomic mass is 9.77. The van der Waals surface area contributed by atoms with Crippen LogP contribution in [0.3, 0.4) is 0 Å². The van der Waals surface area contributed by atoms with Crippen LogP contribution in [0.5, 0.6) is 0 Å². The molecule has 96 valence electrons. The van der Waals surface area contributed by atoms with Gasteiger partial charge in [0.1, 0.15) is 0 Å². The number of hydrogen-bond acceptors (Lipinski definition) is 3. The van der Waals surface area contributed by atoms with E-state index >= 15 is 0 Å². The minimum atomic E-state index is -1.05. The molecule has 0 aromatic heterocycles. The number of nitrogens with one attached hydrogen (secondary N) is 1. The van der Waals surface area contributed by atoms with Crippen molar-refractivity contribution >= 4 is 33.5 Å². The summed E-state index contributed by atoms with van der Waals surface area (Å²) in [6.45, 7) is 0. The summed E-state index contributed by atoms with van der Waals surface area (Å²) in [4.78, 5) is 22.8. The quantitative estimate of drug-likeness (QED) is 0.795. The highest BCUT2D eigenvalue weighted by atomic mass is 79.9. The molecule has 6 heteroatoms. The summed E-state index contributed by atoms with van der Waals surface area (Å²) in [6.07, 6.45) is 2.28. The Morgan fingerprint density at radius 2 is 2.06 bits per heavy atom. The Bertz CT molecular complexity index is 512. The van der Waals surface area contributed by atoms with Gasteiger partial charge in [-0.05, 0) is 53.4 Å². The Balaban J connectivity index is 2.17. The molecule has 0 aliphatic heterocycles. The molecule has 0 spiro atoms. The van der Waals surface area contributed by atoms with Crippen molar-refractivity contribution in [3.05, 3.63) is 28.2 Å². The highest BCUT2D eigenvalue weighted by Gasteiger charge is 2.40. The van der Waals surface area contributed by atoms with Gasteiger partial charge in [0.15, 0.2) is 0 Å². The van der Waals surface area contributed by atoms with Gasteiger partial charge in [-0.2, -0.15) is 0 Å². The fourth-order valence-electron chi connectivity index (χ4n) is 1.81. The molecule has 18 heavy (non-hydrogen) atoms. The van der Waals surface area contributed by atoms with E-state index in [1.807, 2.05) is 0 Å². The Hall–Kier alpha value is -1.40. The van der Waals surface area contributed by atoms with Crippen molar-refractivity contribution in [3.8, 4) is 0 Å². The third-order valence-electron chi connectivity index (χ3n) is 3.15. The Morgan fingerprint density at radius 3 is 2.56 bits per heavy atom. The lowest BCUT2D eigenvalue weighted by Crippen LogP contribution is -2.56. The topological polar surface area (TPSA) is 92.4 Å². The Morgan fingerprint density at radius 1 is 1.39 bits per heavy atom. The van der Waals surface area contributed by atoms with Crippen LogP contribution in [0.2, 0.25) is 0 Å². The van der Waals surface area contributed by atoms with Crippen LogP contribution in [0.15, 0.2) is 22.7 Å². The first kappa shape index (κ1) is 13.0. The fraction of sp³-hybridized carbons (Fsp3) is 0.333. The lowest BCUT2D eigenvalue weighted by Gasteiger charge is -2.36. The SMILES string of the molecule is NC1(C(=O)Nc2ccc(Br)c(C(=O)O)c2)CCC1. The summed E-state index contributed by atoms with van der Waals surface area (Å²) < 4.78 is 0.471. The Labute approximate surface area is 112 Å². The zero-order chi connectivity index (χ0) is 13.3. The average molecular weight is 313 g/mol. The second kappa shape index (κ2) is 4.70. The minimum absolute atomic E-state index is 0.104. The maximum Gasteiger partial charge on any atom is 0.336 e. The number of amides is 1. The average Bonchev–Trinajstić information content (AvgIpc) is 2.28. The van der Waals surface area contributed by atoms with Gasteiger partial charge in [-0.25, -0.2) is 4.79 Å². The molecule has 0 unspecified atom stereocenters. The van der Waals surface area contributed by atoms with E-state index in [-0.39, 0.29) is 11.5 Å². The molecule has 0 radical (unpaired) electrons. The monoisotopic (exact) mass is 312 g/mol. The highest BCUT2D eigenvalue weighted by molar-refractivity contribution is 9.10. The Kier molecular flexibility index (Phi) is 3.41. The molecule has 1 fully saturated rings. The molecule has 1 aromatic rings.